The van der Waals surface area contributed by atoms with E-state index in [0.29, 0.717) is 11.3 Å². The molecule has 0 spiro atoms. The van der Waals surface area contributed by atoms with Gasteiger partial charge >= 0.3 is 5.97 Å². The first-order valence-electron chi connectivity index (χ1n) is 6.16. The number of benzene rings is 1. The van der Waals surface area contributed by atoms with E-state index in [1.54, 1.807) is 48.2 Å². The number of carbonyl (C=O) groups excluding carboxylic acids is 2. The van der Waals surface area contributed by atoms with Crippen LogP contribution in [0.15, 0.2) is 46.7 Å². The van der Waals surface area contributed by atoms with E-state index in [-0.39, 0.29) is 11.4 Å². The fourth-order valence-corrected chi connectivity index (χ4v) is 2.38. The molecule has 2 aromatic rings. The van der Waals surface area contributed by atoms with Gasteiger partial charge in [0.25, 0.3) is 0 Å². The van der Waals surface area contributed by atoms with Gasteiger partial charge < -0.3 is 9.47 Å². The number of carbonyl (C=O) groups is 2. The van der Waals surface area contributed by atoms with E-state index >= 15 is 0 Å². The average Bonchev–Trinajstić information content (AvgIpc) is 3.06. The first kappa shape index (κ1) is 15.0. The van der Waals surface area contributed by atoms with Crippen molar-refractivity contribution in [1.29, 1.82) is 0 Å². The highest BCUT2D eigenvalue weighted by Crippen LogP contribution is 2.18. The highest BCUT2D eigenvalue weighted by Gasteiger charge is 2.20. The van der Waals surface area contributed by atoms with Crippen LogP contribution in [-0.4, -0.2) is 26.0 Å². The predicted octanol–water partition coefficient (Wildman–Crippen LogP) is 3.20. The van der Waals surface area contributed by atoms with Gasteiger partial charge in [-0.05, 0) is 35.2 Å². The van der Waals surface area contributed by atoms with Crippen LogP contribution in [-0.2, 0) is 9.53 Å². The van der Waals surface area contributed by atoms with E-state index in [1.165, 1.54) is 24.5 Å². The second-order valence-corrected chi connectivity index (χ2v) is 4.94. The molecule has 4 nitrogen and oxygen atoms in total. The van der Waals surface area contributed by atoms with Crippen LogP contribution in [0.4, 0.5) is 0 Å². The molecule has 1 aromatic heterocycles. The molecule has 21 heavy (non-hydrogen) atoms. The average molecular weight is 302 g/mol. The zero-order valence-electron chi connectivity index (χ0n) is 11.7. The van der Waals surface area contributed by atoms with Crippen molar-refractivity contribution in [3.8, 4) is 5.75 Å². The minimum atomic E-state index is -0.651. The minimum absolute atomic E-state index is 0.000988. The lowest BCUT2D eigenvalue weighted by molar-refractivity contribution is -0.135. The molecule has 0 saturated heterocycles. The first-order chi connectivity index (χ1) is 10.2. The molecule has 0 amide bonds. The van der Waals surface area contributed by atoms with Crippen molar-refractivity contribution in [2.75, 3.05) is 14.2 Å². The summed E-state index contributed by atoms with van der Waals surface area (Å²) in [6.07, 6.45) is 1.52. The fraction of sp³-hybridized carbons (Fsp3) is 0.125. The second-order valence-electron chi connectivity index (χ2n) is 4.16. The summed E-state index contributed by atoms with van der Waals surface area (Å²) in [6.45, 7) is 0. The van der Waals surface area contributed by atoms with Gasteiger partial charge in [-0.3, -0.25) is 4.79 Å². The van der Waals surface area contributed by atoms with Gasteiger partial charge in [-0.1, -0.05) is 12.1 Å². The van der Waals surface area contributed by atoms with Crippen molar-refractivity contribution in [2.45, 2.75) is 0 Å². The Morgan fingerprint density at radius 2 is 1.81 bits per heavy atom. The van der Waals surface area contributed by atoms with Gasteiger partial charge in [-0.15, -0.1) is 0 Å². The molecular formula is C16H14O4S. The number of esters is 1. The molecule has 0 N–H and O–H groups in total. The number of ketones is 1. The Kier molecular flexibility index (Phi) is 4.90. The number of thiophene rings is 1. The number of rotatable bonds is 5. The summed E-state index contributed by atoms with van der Waals surface area (Å²) < 4.78 is 9.77. The van der Waals surface area contributed by atoms with Crippen molar-refractivity contribution in [3.05, 3.63) is 57.8 Å². The quantitative estimate of drug-likeness (QED) is 0.280. The lowest BCUT2D eigenvalue weighted by atomic mass is 10.0. The third-order valence-corrected chi connectivity index (χ3v) is 3.54. The molecule has 0 fully saturated rings. The standard InChI is InChI=1S/C16H14O4S/c1-19-13-5-3-11(4-6-13)9-14(16(18)20-2)15(17)12-7-8-21-10-12/h3-10H,1-2H3/b14-9-. The largest absolute Gasteiger partial charge is 0.497 e. The maximum atomic E-state index is 12.3. The Morgan fingerprint density at radius 3 is 2.33 bits per heavy atom. The van der Waals surface area contributed by atoms with Gasteiger partial charge in [0.1, 0.15) is 11.3 Å². The smallest absolute Gasteiger partial charge is 0.341 e. The van der Waals surface area contributed by atoms with Gasteiger partial charge in [0, 0.05) is 10.9 Å². The number of Topliss-reactive ketones (excluding diaryl/α,β-unsaturated/α-hetero) is 1. The lowest BCUT2D eigenvalue weighted by Gasteiger charge is -2.04. The summed E-state index contributed by atoms with van der Waals surface area (Å²) in [5.74, 6) is -0.295. The maximum Gasteiger partial charge on any atom is 0.341 e. The van der Waals surface area contributed by atoms with Crippen LogP contribution in [0.5, 0.6) is 5.75 Å². The molecule has 0 radical (unpaired) electrons. The zero-order chi connectivity index (χ0) is 15.2. The molecule has 0 atom stereocenters. The maximum absolute atomic E-state index is 12.3. The third-order valence-electron chi connectivity index (χ3n) is 2.86. The van der Waals surface area contributed by atoms with E-state index in [4.69, 9.17) is 9.47 Å². The molecule has 0 saturated carbocycles. The van der Waals surface area contributed by atoms with Crippen molar-refractivity contribution in [3.63, 3.8) is 0 Å². The third kappa shape index (κ3) is 3.58. The Balaban J connectivity index is 2.37. The van der Waals surface area contributed by atoms with Crippen molar-refractivity contribution in [2.24, 2.45) is 0 Å². The van der Waals surface area contributed by atoms with Crippen molar-refractivity contribution < 1.29 is 19.1 Å². The number of hydrogen-bond donors (Lipinski definition) is 0. The van der Waals surface area contributed by atoms with Crippen LogP contribution in [0, 0.1) is 0 Å². The van der Waals surface area contributed by atoms with Gasteiger partial charge in [0.05, 0.1) is 14.2 Å². The van der Waals surface area contributed by atoms with Crippen LogP contribution >= 0.6 is 11.3 Å². The topological polar surface area (TPSA) is 52.6 Å². The number of hydrogen-bond acceptors (Lipinski definition) is 5. The highest BCUT2D eigenvalue weighted by molar-refractivity contribution is 7.08. The molecule has 1 aromatic carbocycles. The van der Waals surface area contributed by atoms with E-state index in [0.717, 1.165) is 5.56 Å². The summed E-state index contributed by atoms with van der Waals surface area (Å²) >= 11 is 1.40. The molecule has 1 heterocycles. The van der Waals surface area contributed by atoms with Crippen molar-refractivity contribution >= 4 is 29.2 Å². The van der Waals surface area contributed by atoms with Gasteiger partial charge in [-0.2, -0.15) is 11.3 Å². The van der Waals surface area contributed by atoms with E-state index in [9.17, 15) is 9.59 Å². The van der Waals surface area contributed by atoms with Crippen LogP contribution in [0.3, 0.4) is 0 Å². The molecular weight excluding hydrogens is 288 g/mol. The predicted molar refractivity (Wildman–Crippen MR) is 81.6 cm³/mol. The van der Waals surface area contributed by atoms with Crippen LogP contribution in [0.1, 0.15) is 15.9 Å². The van der Waals surface area contributed by atoms with E-state index in [1.807, 2.05) is 0 Å². The summed E-state index contributed by atoms with van der Waals surface area (Å²) in [5, 5.41) is 3.49. The Morgan fingerprint density at radius 1 is 1.10 bits per heavy atom. The molecule has 0 bridgehead atoms. The Labute approximate surface area is 126 Å². The number of methoxy groups -OCH3 is 2. The Hall–Kier alpha value is -2.40. The molecule has 0 aliphatic rings. The SMILES string of the molecule is COC(=O)/C(=C\c1ccc(OC)cc1)C(=O)c1ccsc1. The molecule has 2 rings (SSSR count). The van der Waals surface area contributed by atoms with E-state index in [2.05, 4.69) is 0 Å². The van der Waals surface area contributed by atoms with Crippen LogP contribution in [0.2, 0.25) is 0 Å². The monoisotopic (exact) mass is 302 g/mol. The van der Waals surface area contributed by atoms with Gasteiger partial charge in [-0.25, -0.2) is 4.79 Å². The molecule has 0 unspecified atom stereocenters. The molecule has 108 valence electrons. The molecule has 0 aliphatic heterocycles. The van der Waals surface area contributed by atoms with E-state index < -0.39 is 5.97 Å². The van der Waals surface area contributed by atoms with Crippen molar-refractivity contribution in [1.82, 2.24) is 0 Å². The summed E-state index contributed by atoms with van der Waals surface area (Å²) in [4.78, 5) is 24.2. The summed E-state index contributed by atoms with van der Waals surface area (Å²) in [7, 11) is 2.83. The van der Waals surface area contributed by atoms with Gasteiger partial charge in [0.15, 0.2) is 0 Å². The number of ether oxygens (including phenoxy) is 2. The van der Waals surface area contributed by atoms with Gasteiger partial charge in [0.2, 0.25) is 5.78 Å². The molecule has 0 aliphatic carbocycles. The Bertz CT molecular complexity index is 654. The highest BCUT2D eigenvalue weighted by atomic mass is 32.1. The van der Waals surface area contributed by atoms with Crippen LogP contribution < -0.4 is 4.74 Å². The fourth-order valence-electron chi connectivity index (χ4n) is 1.74. The normalized spacial score (nSPS) is 11.0. The summed E-state index contributed by atoms with van der Waals surface area (Å²) in [5.41, 5.74) is 1.20. The zero-order valence-corrected chi connectivity index (χ0v) is 12.5. The summed E-state index contributed by atoms with van der Waals surface area (Å²) in [6, 6.07) is 8.73. The van der Waals surface area contributed by atoms with Crippen LogP contribution in [0.25, 0.3) is 6.08 Å². The minimum Gasteiger partial charge on any atom is -0.497 e. The first-order valence-corrected chi connectivity index (χ1v) is 7.11. The lowest BCUT2D eigenvalue weighted by Crippen LogP contribution is -2.14. The molecule has 5 heteroatoms. The second kappa shape index (κ2) is 6.85.